The Kier molecular flexibility index (Phi) is 7.87. The summed E-state index contributed by atoms with van der Waals surface area (Å²) in [7, 11) is 0. The number of carbonyl (C=O) groups excluding carboxylic acids is 2. The van der Waals surface area contributed by atoms with E-state index in [-0.39, 0.29) is 42.3 Å². The molecule has 0 bridgehead atoms. The summed E-state index contributed by atoms with van der Waals surface area (Å²) in [4.78, 5) is 36.3. The Labute approximate surface area is 210 Å². The number of ether oxygens (including phenoxy) is 1. The molecule has 3 aromatic rings. The minimum atomic E-state index is -0.810. The first kappa shape index (κ1) is 24.9. The van der Waals surface area contributed by atoms with Gasteiger partial charge in [0.1, 0.15) is 0 Å². The van der Waals surface area contributed by atoms with Gasteiger partial charge in [-0.05, 0) is 73.5 Å². The fraction of sp³-hybridized carbons (Fsp3) is 0.320. The predicted molar refractivity (Wildman–Crippen MR) is 132 cm³/mol. The van der Waals surface area contributed by atoms with Crippen LogP contribution in [0.2, 0.25) is 5.02 Å². The number of benzene rings is 2. The zero-order valence-corrected chi connectivity index (χ0v) is 20.3. The number of carbonyl (C=O) groups is 3. The maximum atomic E-state index is 14.5. The van der Waals surface area contributed by atoms with E-state index in [4.69, 9.17) is 21.4 Å². The van der Waals surface area contributed by atoms with Crippen molar-refractivity contribution in [2.75, 3.05) is 13.1 Å². The molecule has 0 atom stereocenters. The molecule has 0 saturated heterocycles. The zero-order valence-electron chi connectivity index (χ0n) is 18.7. The van der Waals surface area contributed by atoms with Crippen molar-refractivity contribution in [1.82, 2.24) is 10.6 Å². The lowest BCUT2D eigenvalue weighted by Gasteiger charge is -2.27. The summed E-state index contributed by atoms with van der Waals surface area (Å²) in [6.07, 6.45) is 1.83. The van der Waals surface area contributed by atoms with Gasteiger partial charge in [-0.15, -0.1) is 11.3 Å². The third kappa shape index (κ3) is 6.29. The molecule has 3 N–H and O–H groups in total. The molecule has 7 nitrogen and oxygen atoms in total. The standard InChI is InChI=1S/C25H24ClFN2O5S/c26-17-4-8-21-16(11-17)13-22(35-21)24(31)29-10-9-28-23(30)15-3-7-20(19(27)12-15)34-18-5-1-14(2-6-18)25(32)33/h3-4,7-8,11-14,18H,1-2,5-6,9-10H2,(H,28,30)(H,29,31)(H,32,33). The third-order valence-electron chi connectivity index (χ3n) is 5.91. The Morgan fingerprint density at radius 2 is 1.71 bits per heavy atom. The summed E-state index contributed by atoms with van der Waals surface area (Å²) >= 11 is 7.34. The van der Waals surface area contributed by atoms with E-state index in [9.17, 15) is 18.8 Å². The van der Waals surface area contributed by atoms with Gasteiger partial charge in [-0.25, -0.2) is 4.39 Å². The molecular weight excluding hydrogens is 495 g/mol. The first-order valence-electron chi connectivity index (χ1n) is 11.2. The lowest BCUT2D eigenvalue weighted by molar-refractivity contribution is -0.143. The fourth-order valence-electron chi connectivity index (χ4n) is 4.01. The second-order valence-corrected chi connectivity index (χ2v) is 9.90. The highest BCUT2D eigenvalue weighted by Gasteiger charge is 2.27. The maximum Gasteiger partial charge on any atom is 0.306 e. The molecule has 4 rings (SSSR count). The molecule has 0 spiro atoms. The second-order valence-electron chi connectivity index (χ2n) is 8.38. The smallest absolute Gasteiger partial charge is 0.306 e. The van der Waals surface area contributed by atoms with Crippen molar-refractivity contribution in [1.29, 1.82) is 0 Å². The normalized spacial score (nSPS) is 17.7. The Morgan fingerprint density at radius 3 is 2.40 bits per heavy atom. The topological polar surface area (TPSA) is 105 Å². The number of carboxylic acids is 1. The Bertz CT molecular complexity index is 1260. The number of carboxylic acid groups (broad SMARTS) is 1. The van der Waals surface area contributed by atoms with Crippen molar-refractivity contribution in [3.63, 3.8) is 0 Å². The highest BCUT2D eigenvalue weighted by molar-refractivity contribution is 7.20. The second kappa shape index (κ2) is 11.0. The monoisotopic (exact) mass is 518 g/mol. The van der Waals surface area contributed by atoms with E-state index in [0.717, 1.165) is 16.2 Å². The average molecular weight is 519 g/mol. The first-order valence-corrected chi connectivity index (χ1v) is 12.4. The predicted octanol–water partition coefficient (Wildman–Crippen LogP) is 4.88. The molecule has 1 aliphatic carbocycles. The quantitative estimate of drug-likeness (QED) is 0.369. The van der Waals surface area contributed by atoms with E-state index in [1.54, 1.807) is 18.2 Å². The van der Waals surface area contributed by atoms with Crippen molar-refractivity contribution in [2.45, 2.75) is 31.8 Å². The maximum absolute atomic E-state index is 14.5. The molecule has 10 heteroatoms. The summed E-state index contributed by atoms with van der Waals surface area (Å²) in [6, 6.07) is 11.2. The van der Waals surface area contributed by atoms with Crippen LogP contribution < -0.4 is 15.4 Å². The first-order chi connectivity index (χ1) is 16.8. The zero-order chi connectivity index (χ0) is 24.9. The number of halogens is 2. The van der Waals surface area contributed by atoms with Crippen LogP contribution in [-0.2, 0) is 4.79 Å². The number of amides is 2. The van der Waals surface area contributed by atoms with E-state index >= 15 is 0 Å². The highest BCUT2D eigenvalue weighted by atomic mass is 35.5. The van der Waals surface area contributed by atoms with Crippen LogP contribution in [0.4, 0.5) is 4.39 Å². The number of fused-ring (bicyclic) bond motifs is 1. The van der Waals surface area contributed by atoms with Crippen LogP contribution in [0.5, 0.6) is 5.75 Å². The summed E-state index contributed by atoms with van der Waals surface area (Å²) < 4.78 is 21.1. The lowest BCUT2D eigenvalue weighted by atomic mass is 9.87. The van der Waals surface area contributed by atoms with Gasteiger partial charge in [-0.1, -0.05) is 11.6 Å². The average Bonchev–Trinajstić information content (AvgIpc) is 3.26. The summed E-state index contributed by atoms with van der Waals surface area (Å²) in [5.74, 6) is -2.52. The van der Waals surface area contributed by atoms with Crippen LogP contribution in [0, 0.1) is 11.7 Å². The molecule has 1 aromatic heterocycles. The van der Waals surface area contributed by atoms with Gasteiger partial charge in [0.2, 0.25) is 0 Å². The number of rotatable bonds is 8. The van der Waals surface area contributed by atoms with Crippen molar-refractivity contribution in [3.8, 4) is 5.75 Å². The third-order valence-corrected chi connectivity index (χ3v) is 7.26. The Morgan fingerprint density at radius 1 is 1.00 bits per heavy atom. The summed E-state index contributed by atoms with van der Waals surface area (Å²) in [5, 5.41) is 16.0. The molecule has 1 saturated carbocycles. The molecule has 0 aliphatic heterocycles. The number of hydrogen-bond acceptors (Lipinski definition) is 5. The van der Waals surface area contributed by atoms with E-state index in [2.05, 4.69) is 10.6 Å². The molecular formula is C25H24ClFN2O5S. The molecule has 0 radical (unpaired) electrons. The molecule has 1 fully saturated rings. The minimum absolute atomic E-state index is 0.0391. The van der Waals surface area contributed by atoms with Crippen LogP contribution in [0.15, 0.2) is 42.5 Å². The van der Waals surface area contributed by atoms with Crippen LogP contribution in [0.3, 0.4) is 0 Å². The number of hydrogen-bond donors (Lipinski definition) is 3. The fourth-order valence-corrected chi connectivity index (χ4v) is 5.15. The van der Waals surface area contributed by atoms with Crippen molar-refractivity contribution in [3.05, 3.63) is 63.7 Å². The van der Waals surface area contributed by atoms with Crippen LogP contribution in [0.25, 0.3) is 10.1 Å². The van der Waals surface area contributed by atoms with E-state index in [0.29, 0.717) is 35.6 Å². The van der Waals surface area contributed by atoms with Crippen molar-refractivity contribution in [2.24, 2.45) is 5.92 Å². The number of nitrogens with one attached hydrogen (secondary N) is 2. The molecule has 1 heterocycles. The van der Waals surface area contributed by atoms with Gasteiger partial charge < -0.3 is 20.5 Å². The molecule has 2 amide bonds. The number of thiophene rings is 1. The van der Waals surface area contributed by atoms with Gasteiger partial charge in [-0.2, -0.15) is 0 Å². The number of aliphatic carboxylic acids is 1. The van der Waals surface area contributed by atoms with Crippen molar-refractivity contribution < 1.29 is 28.6 Å². The van der Waals surface area contributed by atoms with E-state index in [1.165, 1.54) is 23.5 Å². The van der Waals surface area contributed by atoms with Crippen LogP contribution >= 0.6 is 22.9 Å². The summed E-state index contributed by atoms with van der Waals surface area (Å²) in [6.45, 7) is 0.385. The van der Waals surface area contributed by atoms with Crippen LogP contribution in [-0.4, -0.2) is 42.1 Å². The highest BCUT2D eigenvalue weighted by Crippen LogP contribution is 2.30. The van der Waals surface area contributed by atoms with Gasteiger partial charge in [0.05, 0.1) is 16.9 Å². The molecule has 2 aromatic carbocycles. The van der Waals surface area contributed by atoms with Gasteiger partial charge in [0, 0.05) is 28.4 Å². The van der Waals surface area contributed by atoms with Gasteiger partial charge in [-0.3, -0.25) is 14.4 Å². The minimum Gasteiger partial charge on any atom is -0.487 e. The Hall–Kier alpha value is -3.17. The van der Waals surface area contributed by atoms with Crippen LogP contribution in [0.1, 0.15) is 45.7 Å². The van der Waals surface area contributed by atoms with E-state index in [1.807, 2.05) is 6.07 Å². The SMILES string of the molecule is O=C(NCCNC(=O)c1cc2cc(Cl)ccc2s1)c1ccc(OC2CCC(C(=O)O)CC2)c(F)c1. The van der Waals surface area contributed by atoms with Gasteiger partial charge in [0.15, 0.2) is 11.6 Å². The van der Waals surface area contributed by atoms with Gasteiger partial charge in [0.25, 0.3) is 11.8 Å². The lowest BCUT2D eigenvalue weighted by Crippen LogP contribution is -2.34. The largest absolute Gasteiger partial charge is 0.487 e. The van der Waals surface area contributed by atoms with Crippen molar-refractivity contribution >= 4 is 50.8 Å². The molecule has 35 heavy (non-hydrogen) atoms. The van der Waals surface area contributed by atoms with E-state index < -0.39 is 17.7 Å². The Balaban J connectivity index is 1.23. The molecule has 184 valence electrons. The molecule has 1 aliphatic rings. The molecule has 0 unspecified atom stereocenters. The summed E-state index contributed by atoms with van der Waals surface area (Å²) in [5.41, 5.74) is 0.136. The van der Waals surface area contributed by atoms with Gasteiger partial charge >= 0.3 is 5.97 Å².